The maximum Gasteiger partial charge on any atom is 0.321 e. The Balaban J connectivity index is 1.35. The summed E-state index contributed by atoms with van der Waals surface area (Å²) in [7, 11) is -2.12. The molecule has 1 aliphatic rings. The fraction of sp³-hybridized carbons (Fsp3) is 0.300. The van der Waals surface area contributed by atoms with Gasteiger partial charge in [-0.05, 0) is 56.3 Å². The third kappa shape index (κ3) is 4.26. The number of urea groups is 1. The molecule has 1 fully saturated rings. The van der Waals surface area contributed by atoms with Crippen molar-refractivity contribution in [3.8, 4) is 0 Å². The van der Waals surface area contributed by atoms with Crippen molar-refractivity contribution >= 4 is 43.3 Å². The molecule has 7 nitrogen and oxygen atoms in total. The first-order valence-electron chi connectivity index (χ1n) is 9.41. The number of nitrogens with zero attached hydrogens (tertiary/aromatic N) is 2. The van der Waals surface area contributed by atoms with Crippen LogP contribution >= 0.6 is 11.3 Å². The summed E-state index contributed by atoms with van der Waals surface area (Å²) >= 11 is 1.74. The van der Waals surface area contributed by atoms with Crippen molar-refractivity contribution in [3.05, 3.63) is 53.5 Å². The molecule has 0 unspecified atom stereocenters. The number of carbonyl (C=O) groups excluding carboxylic acids is 1. The highest BCUT2D eigenvalue weighted by Gasteiger charge is 2.26. The Labute approximate surface area is 173 Å². The Morgan fingerprint density at radius 2 is 1.79 bits per heavy atom. The predicted octanol–water partition coefficient (Wildman–Crippen LogP) is 3.62. The molecule has 9 heteroatoms. The second kappa shape index (κ2) is 8.10. The number of para-hydroxylation sites is 1. The summed E-state index contributed by atoms with van der Waals surface area (Å²) in [4.78, 5) is 19.3. The van der Waals surface area contributed by atoms with Gasteiger partial charge < -0.3 is 10.2 Å². The number of rotatable bonds is 4. The number of hydrogen-bond donors (Lipinski definition) is 2. The standard InChI is InChI=1S/C20H22N4O3S2/c1-21-29(26,27)16-8-6-15(7-9-16)22-20(25)24-12-10-14(11-13-24)19-23-17-4-2-3-5-18(17)28-19/h2-9,14,21H,10-13H2,1H3,(H,22,25). The molecule has 2 N–H and O–H groups in total. The predicted molar refractivity (Wildman–Crippen MR) is 115 cm³/mol. The van der Waals surface area contributed by atoms with Gasteiger partial charge in [0.1, 0.15) is 0 Å². The molecule has 0 spiro atoms. The fourth-order valence-corrected chi connectivity index (χ4v) is 5.30. The minimum Gasteiger partial charge on any atom is -0.324 e. The number of aromatic nitrogens is 1. The number of hydrogen-bond acceptors (Lipinski definition) is 5. The molecular formula is C20H22N4O3S2. The van der Waals surface area contributed by atoms with Crippen LogP contribution in [0.15, 0.2) is 53.4 Å². The van der Waals surface area contributed by atoms with Crippen LogP contribution in [0.25, 0.3) is 10.2 Å². The molecule has 2 amide bonds. The van der Waals surface area contributed by atoms with Crippen LogP contribution in [0.5, 0.6) is 0 Å². The van der Waals surface area contributed by atoms with Gasteiger partial charge in [0.25, 0.3) is 0 Å². The molecule has 0 radical (unpaired) electrons. The molecule has 1 saturated heterocycles. The zero-order chi connectivity index (χ0) is 20.4. The molecule has 2 aromatic carbocycles. The molecule has 3 aromatic rings. The summed E-state index contributed by atoms with van der Waals surface area (Å²) < 4.78 is 27.0. The van der Waals surface area contributed by atoms with Gasteiger partial charge >= 0.3 is 6.03 Å². The maximum atomic E-state index is 12.6. The van der Waals surface area contributed by atoms with Crippen molar-refractivity contribution in [2.75, 3.05) is 25.5 Å². The van der Waals surface area contributed by atoms with E-state index in [9.17, 15) is 13.2 Å². The van der Waals surface area contributed by atoms with Gasteiger partial charge in [-0.1, -0.05) is 12.1 Å². The lowest BCUT2D eigenvalue weighted by atomic mass is 9.98. The monoisotopic (exact) mass is 430 g/mol. The average molecular weight is 431 g/mol. The van der Waals surface area contributed by atoms with E-state index in [0.717, 1.165) is 23.4 Å². The zero-order valence-corrected chi connectivity index (χ0v) is 17.6. The first-order chi connectivity index (χ1) is 14.0. The van der Waals surface area contributed by atoms with E-state index >= 15 is 0 Å². The fourth-order valence-electron chi connectivity index (χ4n) is 3.43. The van der Waals surface area contributed by atoms with Gasteiger partial charge in [0.15, 0.2) is 0 Å². The van der Waals surface area contributed by atoms with Crippen molar-refractivity contribution in [1.82, 2.24) is 14.6 Å². The molecule has 0 aliphatic carbocycles. The number of carbonyl (C=O) groups is 1. The largest absolute Gasteiger partial charge is 0.324 e. The molecule has 29 heavy (non-hydrogen) atoms. The molecule has 0 bridgehead atoms. The summed E-state index contributed by atoms with van der Waals surface area (Å²) in [5.74, 6) is 0.377. The first-order valence-corrected chi connectivity index (χ1v) is 11.7. The van der Waals surface area contributed by atoms with Crippen molar-refractivity contribution in [3.63, 3.8) is 0 Å². The van der Waals surface area contributed by atoms with Crippen LogP contribution in [-0.2, 0) is 10.0 Å². The second-order valence-corrected chi connectivity index (χ2v) is 9.89. The lowest BCUT2D eigenvalue weighted by Gasteiger charge is -2.31. The topological polar surface area (TPSA) is 91.4 Å². The molecule has 1 aromatic heterocycles. The summed E-state index contributed by atoms with van der Waals surface area (Å²) in [6.07, 6.45) is 1.76. The van der Waals surface area contributed by atoms with E-state index in [2.05, 4.69) is 16.1 Å². The van der Waals surface area contributed by atoms with Gasteiger partial charge in [0, 0.05) is 24.7 Å². The quantitative estimate of drug-likeness (QED) is 0.661. The third-order valence-electron chi connectivity index (χ3n) is 5.13. The Kier molecular flexibility index (Phi) is 5.53. The van der Waals surface area contributed by atoms with E-state index in [1.807, 2.05) is 18.2 Å². The molecule has 152 valence electrons. The van der Waals surface area contributed by atoms with Crippen LogP contribution in [0, 0.1) is 0 Å². The van der Waals surface area contributed by atoms with E-state index in [4.69, 9.17) is 4.98 Å². The lowest BCUT2D eigenvalue weighted by molar-refractivity contribution is 0.194. The van der Waals surface area contributed by atoms with Gasteiger partial charge in [-0.25, -0.2) is 22.9 Å². The Morgan fingerprint density at radius 1 is 1.10 bits per heavy atom. The summed E-state index contributed by atoms with van der Waals surface area (Å²) in [5.41, 5.74) is 1.61. The number of benzene rings is 2. The van der Waals surface area contributed by atoms with E-state index in [-0.39, 0.29) is 10.9 Å². The minimum atomic E-state index is -3.48. The highest BCUT2D eigenvalue weighted by Crippen LogP contribution is 2.33. The highest BCUT2D eigenvalue weighted by molar-refractivity contribution is 7.89. The van der Waals surface area contributed by atoms with E-state index in [0.29, 0.717) is 24.7 Å². The smallest absolute Gasteiger partial charge is 0.321 e. The van der Waals surface area contributed by atoms with Gasteiger partial charge in [0.05, 0.1) is 20.1 Å². The molecule has 0 atom stereocenters. The number of likely N-dealkylation sites (tertiary alicyclic amines) is 1. The lowest BCUT2D eigenvalue weighted by Crippen LogP contribution is -2.40. The van der Waals surface area contributed by atoms with Crippen molar-refractivity contribution in [2.45, 2.75) is 23.7 Å². The number of piperidine rings is 1. The van der Waals surface area contributed by atoms with Crippen LogP contribution in [-0.4, -0.2) is 44.5 Å². The van der Waals surface area contributed by atoms with Crippen molar-refractivity contribution in [1.29, 1.82) is 0 Å². The highest BCUT2D eigenvalue weighted by atomic mass is 32.2. The molecule has 2 heterocycles. The average Bonchev–Trinajstić information content (AvgIpc) is 3.18. The summed E-state index contributed by atoms with van der Waals surface area (Å²) in [5, 5.41) is 3.99. The SMILES string of the molecule is CNS(=O)(=O)c1ccc(NC(=O)N2CCC(c3nc4ccccc4s3)CC2)cc1. The maximum absolute atomic E-state index is 12.6. The number of sulfonamides is 1. The van der Waals surface area contributed by atoms with E-state index in [1.54, 1.807) is 28.4 Å². The third-order valence-corrected chi connectivity index (χ3v) is 7.76. The summed E-state index contributed by atoms with van der Waals surface area (Å²) in [6, 6.07) is 14.1. The van der Waals surface area contributed by atoms with Crippen molar-refractivity contribution < 1.29 is 13.2 Å². The molecule has 1 aliphatic heterocycles. The summed E-state index contributed by atoms with van der Waals surface area (Å²) in [6.45, 7) is 1.33. The number of thiazole rings is 1. The van der Waals surface area contributed by atoms with E-state index in [1.165, 1.54) is 23.9 Å². The van der Waals surface area contributed by atoms with Gasteiger partial charge in [-0.3, -0.25) is 0 Å². The first kappa shape index (κ1) is 19.8. The van der Waals surface area contributed by atoms with Crippen LogP contribution in [0.3, 0.4) is 0 Å². The van der Waals surface area contributed by atoms with Crippen LogP contribution in [0.2, 0.25) is 0 Å². The van der Waals surface area contributed by atoms with Gasteiger partial charge in [-0.15, -0.1) is 11.3 Å². The second-order valence-electron chi connectivity index (χ2n) is 6.94. The van der Waals surface area contributed by atoms with E-state index < -0.39 is 10.0 Å². The number of amides is 2. The van der Waals surface area contributed by atoms with Gasteiger partial charge in [-0.2, -0.15) is 0 Å². The zero-order valence-electron chi connectivity index (χ0n) is 16.0. The number of anilines is 1. The van der Waals surface area contributed by atoms with Crippen LogP contribution in [0.1, 0.15) is 23.8 Å². The molecule has 0 saturated carbocycles. The van der Waals surface area contributed by atoms with Crippen LogP contribution in [0.4, 0.5) is 10.5 Å². The van der Waals surface area contributed by atoms with Crippen LogP contribution < -0.4 is 10.0 Å². The van der Waals surface area contributed by atoms with Gasteiger partial charge in [0.2, 0.25) is 10.0 Å². The normalized spacial score (nSPS) is 15.6. The molecule has 4 rings (SSSR count). The Hall–Kier alpha value is -2.49. The number of nitrogens with one attached hydrogen (secondary N) is 2. The van der Waals surface area contributed by atoms with Crippen molar-refractivity contribution in [2.24, 2.45) is 0 Å². The molecular weight excluding hydrogens is 408 g/mol. The Morgan fingerprint density at radius 3 is 2.45 bits per heavy atom. The Bertz CT molecular complexity index is 1090. The number of fused-ring (bicyclic) bond motifs is 1. The minimum absolute atomic E-state index is 0.162.